The third-order valence-corrected chi connectivity index (χ3v) is 5.63. The Labute approximate surface area is 207 Å². The highest BCUT2D eigenvalue weighted by atomic mass is 19.1. The number of hydrazone groups is 1. The number of benzene rings is 3. The van der Waals surface area contributed by atoms with Crippen LogP contribution in [0.1, 0.15) is 34.3 Å². The van der Waals surface area contributed by atoms with Gasteiger partial charge in [-0.3, -0.25) is 9.59 Å². The molecule has 0 unspecified atom stereocenters. The number of carbonyl (C=O) groups is 3. The van der Waals surface area contributed by atoms with Gasteiger partial charge in [-0.05, 0) is 60.5 Å². The van der Waals surface area contributed by atoms with Crippen molar-refractivity contribution < 1.29 is 28.2 Å². The van der Waals surface area contributed by atoms with E-state index in [9.17, 15) is 18.8 Å². The molecule has 1 fully saturated rings. The maximum atomic E-state index is 13.1. The molecule has 184 valence electrons. The summed E-state index contributed by atoms with van der Waals surface area (Å²) in [6, 6.07) is 19.1. The van der Waals surface area contributed by atoms with Crippen LogP contribution in [-0.2, 0) is 9.59 Å². The Morgan fingerprint density at radius 2 is 1.83 bits per heavy atom. The summed E-state index contributed by atoms with van der Waals surface area (Å²) in [5.74, 6) is -2.67. The Morgan fingerprint density at radius 3 is 2.56 bits per heavy atom. The number of esters is 1. The fourth-order valence-corrected chi connectivity index (χ4v) is 3.88. The molecule has 36 heavy (non-hydrogen) atoms. The largest absolute Gasteiger partial charge is 0.490 e. The number of nitrogens with zero attached hydrogens (tertiary/aromatic N) is 1. The summed E-state index contributed by atoms with van der Waals surface area (Å²) in [6.07, 6.45) is 1.40. The van der Waals surface area contributed by atoms with E-state index in [0.717, 1.165) is 5.56 Å². The van der Waals surface area contributed by atoms with Crippen molar-refractivity contribution in [3.05, 3.63) is 95.3 Å². The lowest BCUT2D eigenvalue weighted by Gasteiger charge is -2.15. The predicted molar refractivity (Wildman–Crippen MR) is 130 cm³/mol. The molecule has 9 heteroatoms. The fourth-order valence-electron chi connectivity index (χ4n) is 3.88. The van der Waals surface area contributed by atoms with Crippen molar-refractivity contribution in [3.63, 3.8) is 0 Å². The number of nitrogens with one attached hydrogen (secondary N) is 2. The van der Waals surface area contributed by atoms with Crippen LogP contribution in [0.4, 0.5) is 4.39 Å². The Kier molecular flexibility index (Phi) is 7.69. The van der Waals surface area contributed by atoms with E-state index in [1.165, 1.54) is 36.5 Å². The van der Waals surface area contributed by atoms with Gasteiger partial charge in [-0.2, -0.15) is 5.10 Å². The van der Waals surface area contributed by atoms with Crippen LogP contribution in [0, 0.1) is 11.7 Å². The van der Waals surface area contributed by atoms with Crippen LogP contribution in [0.25, 0.3) is 0 Å². The minimum absolute atomic E-state index is 0.181. The first-order valence-corrected chi connectivity index (χ1v) is 11.4. The van der Waals surface area contributed by atoms with Crippen LogP contribution >= 0.6 is 0 Å². The number of ether oxygens (including phenoxy) is 2. The molecular weight excluding hydrogens is 465 g/mol. The van der Waals surface area contributed by atoms with Crippen molar-refractivity contribution in [1.29, 1.82) is 0 Å². The molecule has 1 heterocycles. The number of carbonyl (C=O) groups excluding carboxylic acids is 3. The van der Waals surface area contributed by atoms with E-state index in [1.54, 1.807) is 19.1 Å². The second-order valence-corrected chi connectivity index (χ2v) is 8.01. The van der Waals surface area contributed by atoms with E-state index in [2.05, 4.69) is 15.8 Å². The van der Waals surface area contributed by atoms with E-state index in [0.29, 0.717) is 24.5 Å². The average Bonchev–Trinajstić information content (AvgIpc) is 3.28. The van der Waals surface area contributed by atoms with Gasteiger partial charge < -0.3 is 14.8 Å². The molecular formula is C27H24FN3O5. The Bertz CT molecular complexity index is 1280. The predicted octanol–water partition coefficient (Wildman–Crippen LogP) is 3.42. The van der Waals surface area contributed by atoms with Crippen molar-refractivity contribution in [3.8, 4) is 11.5 Å². The van der Waals surface area contributed by atoms with Crippen molar-refractivity contribution in [1.82, 2.24) is 10.7 Å². The fraction of sp³-hybridized carbons (Fsp3) is 0.185. The highest BCUT2D eigenvalue weighted by molar-refractivity contribution is 6.03. The van der Waals surface area contributed by atoms with Crippen LogP contribution < -0.4 is 20.2 Å². The second kappa shape index (κ2) is 11.3. The first kappa shape index (κ1) is 24.6. The topological polar surface area (TPSA) is 106 Å². The van der Waals surface area contributed by atoms with Crippen LogP contribution in [0.15, 0.2) is 77.9 Å². The van der Waals surface area contributed by atoms with Crippen LogP contribution in [0.3, 0.4) is 0 Å². The van der Waals surface area contributed by atoms with Crippen LogP contribution in [0.5, 0.6) is 11.5 Å². The lowest BCUT2D eigenvalue weighted by molar-refractivity contribution is -0.133. The smallest absolute Gasteiger partial charge is 0.343 e. The highest BCUT2D eigenvalue weighted by Crippen LogP contribution is 2.30. The first-order valence-electron chi connectivity index (χ1n) is 11.4. The zero-order valence-electron chi connectivity index (χ0n) is 19.4. The molecule has 2 N–H and O–H groups in total. The second-order valence-electron chi connectivity index (χ2n) is 8.01. The van der Waals surface area contributed by atoms with Crippen LogP contribution in [-0.4, -0.2) is 37.1 Å². The number of amides is 2. The van der Waals surface area contributed by atoms with E-state index < -0.39 is 23.6 Å². The van der Waals surface area contributed by atoms with Crippen molar-refractivity contribution in [2.75, 3.05) is 13.2 Å². The Hall–Kier alpha value is -4.53. The SMILES string of the molecule is CCOc1cc(C=NNC(=O)[C@H]2C(=O)NC[C@H]2c2ccccc2)ccc1OC(=O)c1ccc(F)cc1. The van der Waals surface area contributed by atoms with Crippen molar-refractivity contribution >= 4 is 24.0 Å². The molecule has 0 radical (unpaired) electrons. The summed E-state index contributed by atoms with van der Waals surface area (Å²) in [4.78, 5) is 37.4. The molecule has 1 aliphatic heterocycles. The molecule has 3 aromatic carbocycles. The lowest BCUT2D eigenvalue weighted by Crippen LogP contribution is -2.34. The minimum Gasteiger partial charge on any atom is -0.490 e. The number of hydrogen-bond donors (Lipinski definition) is 2. The van der Waals surface area contributed by atoms with Gasteiger partial charge in [-0.1, -0.05) is 30.3 Å². The molecule has 1 aliphatic rings. The third kappa shape index (κ3) is 5.75. The van der Waals surface area contributed by atoms with Gasteiger partial charge in [-0.25, -0.2) is 14.6 Å². The molecule has 2 amide bonds. The molecule has 1 saturated heterocycles. The first-order chi connectivity index (χ1) is 17.5. The quantitative estimate of drug-likeness (QED) is 0.166. The molecule has 0 bridgehead atoms. The van der Waals surface area contributed by atoms with Gasteiger partial charge in [0.1, 0.15) is 11.7 Å². The van der Waals surface area contributed by atoms with Gasteiger partial charge in [0.2, 0.25) is 5.91 Å². The number of hydrogen-bond acceptors (Lipinski definition) is 6. The van der Waals surface area contributed by atoms with E-state index >= 15 is 0 Å². The molecule has 3 aromatic rings. The Balaban J connectivity index is 1.43. The monoisotopic (exact) mass is 489 g/mol. The zero-order chi connectivity index (χ0) is 25.5. The maximum absolute atomic E-state index is 13.1. The van der Waals surface area contributed by atoms with Crippen molar-refractivity contribution in [2.24, 2.45) is 11.0 Å². The molecule has 0 spiro atoms. The van der Waals surface area contributed by atoms with E-state index in [4.69, 9.17) is 9.47 Å². The van der Waals surface area contributed by atoms with Crippen molar-refractivity contribution in [2.45, 2.75) is 12.8 Å². The number of halogens is 1. The molecule has 2 atom stereocenters. The zero-order valence-corrected chi connectivity index (χ0v) is 19.4. The molecule has 8 nitrogen and oxygen atoms in total. The summed E-state index contributed by atoms with van der Waals surface area (Å²) in [5.41, 5.74) is 4.09. The third-order valence-electron chi connectivity index (χ3n) is 5.63. The Morgan fingerprint density at radius 1 is 1.08 bits per heavy atom. The molecule has 0 aromatic heterocycles. The average molecular weight is 490 g/mol. The normalized spacial score (nSPS) is 17.0. The van der Waals surface area contributed by atoms with Gasteiger partial charge in [-0.15, -0.1) is 0 Å². The van der Waals surface area contributed by atoms with Gasteiger partial charge in [0.15, 0.2) is 11.5 Å². The van der Waals surface area contributed by atoms with E-state index in [1.807, 2.05) is 30.3 Å². The van der Waals surface area contributed by atoms with Gasteiger partial charge in [0.25, 0.3) is 5.91 Å². The number of rotatable bonds is 8. The van der Waals surface area contributed by atoms with E-state index in [-0.39, 0.29) is 23.1 Å². The summed E-state index contributed by atoms with van der Waals surface area (Å²) in [5, 5.41) is 6.73. The lowest BCUT2D eigenvalue weighted by atomic mass is 9.88. The maximum Gasteiger partial charge on any atom is 0.343 e. The van der Waals surface area contributed by atoms with Gasteiger partial charge in [0.05, 0.1) is 18.4 Å². The minimum atomic E-state index is -0.892. The summed E-state index contributed by atoms with van der Waals surface area (Å²) in [7, 11) is 0. The molecule has 0 saturated carbocycles. The van der Waals surface area contributed by atoms with Gasteiger partial charge in [0, 0.05) is 12.5 Å². The molecule has 4 rings (SSSR count). The standard InChI is InChI=1S/C27H24FN3O5/c1-2-35-23-14-17(8-13-22(23)36-27(34)19-9-11-20(28)12-10-19)15-30-31-26(33)24-21(16-29-25(24)32)18-6-4-3-5-7-18/h3-15,21,24H,2,16H2,1H3,(H,29,32)(H,31,33)/t21-,24+/m0/s1. The summed E-state index contributed by atoms with van der Waals surface area (Å²) in [6.45, 7) is 2.47. The summed E-state index contributed by atoms with van der Waals surface area (Å²) < 4.78 is 24.1. The van der Waals surface area contributed by atoms with Gasteiger partial charge >= 0.3 is 5.97 Å². The summed E-state index contributed by atoms with van der Waals surface area (Å²) >= 11 is 0. The highest BCUT2D eigenvalue weighted by Gasteiger charge is 2.40. The molecule has 0 aliphatic carbocycles. The van der Waals surface area contributed by atoms with Crippen LogP contribution in [0.2, 0.25) is 0 Å².